The molecule has 0 saturated carbocycles. The van der Waals surface area contributed by atoms with E-state index in [9.17, 15) is 9.18 Å². The van der Waals surface area contributed by atoms with Gasteiger partial charge < -0.3 is 10.5 Å². The summed E-state index contributed by atoms with van der Waals surface area (Å²) < 4.78 is 18.6. The summed E-state index contributed by atoms with van der Waals surface area (Å²) in [6.07, 6.45) is 1.44. The van der Waals surface area contributed by atoms with Crippen LogP contribution in [0.5, 0.6) is 0 Å². The first-order chi connectivity index (χ1) is 9.49. The van der Waals surface area contributed by atoms with Gasteiger partial charge in [0.25, 0.3) is 0 Å². The number of nitrogens with two attached hydrogens (primary N) is 1. The number of nitrogens with zero attached hydrogens (tertiary/aromatic N) is 1. The molecule has 1 aromatic heterocycles. The van der Waals surface area contributed by atoms with Gasteiger partial charge in [-0.25, -0.2) is 9.18 Å². The Morgan fingerprint density at radius 1 is 1.50 bits per heavy atom. The van der Waals surface area contributed by atoms with E-state index >= 15 is 0 Å². The van der Waals surface area contributed by atoms with Crippen LogP contribution in [0, 0.1) is 12.7 Å². The largest absolute Gasteiger partial charge is 0.457 e. The average Bonchev–Trinajstić information content (AvgIpc) is 2.40. The number of hydrogen-bond acceptors (Lipinski definition) is 4. The lowest BCUT2D eigenvalue weighted by atomic mass is 10.2. The van der Waals surface area contributed by atoms with Crippen LogP contribution in [0.25, 0.3) is 0 Å². The molecule has 104 valence electrons. The normalized spacial score (nSPS) is 10.3. The molecule has 0 radical (unpaired) electrons. The number of benzene rings is 1. The predicted molar refractivity (Wildman–Crippen MR) is 73.9 cm³/mol. The fraction of sp³-hybridized carbons (Fsp3) is 0.143. The molecule has 1 heterocycles. The Morgan fingerprint density at radius 2 is 2.25 bits per heavy atom. The summed E-state index contributed by atoms with van der Waals surface area (Å²) in [5, 5.41) is 0.209. The Bertz CT molecular complexity index is 641. The van der Waals surface area contributed by atoms with Crippen molar-refractivity contribution in [3.63, 3.8) is 0 Å². The van der Waals surface area contributed by atoms with Crippen molar-refractivity contribution in [2.75, 3.05) is 5.73 Å². The van der Waals surface area contributed by atoms with E-state index in [4.69, 9.17) is 22.1 Å². The Balaban J connectivity index is 2.15. The van der Waals surface area contributed by atoms with Gasteiger partial charge in [-0.15, -0.1) is 0 Å². The summed E-state index contributed by atoms with van der Waals surface area (Å²) in [6.45, 7) is 1.41. The number of carbonyl (C=O) groups is 1. The van der Waals surface area contributed by atoms with Crippen LogP contribution in [0.1, 0.15) is 21.6 Å². The maximum Gasteiger partial charge on any atom is 0.340 e. The highest BCUT2D eigenvalue weighted by atomic mass is 35.5. The van der Waals surface area contributed by atoms with Crippen molar-refractivity contribution in [1.29, 1.82) is 0 Å². The Labute approximate surface area is 120 Å². The molecule has 0 unspecified atom stereocenters. The zero-order valence-corrected chi connectivity index (χ0v) is 11.4. The summed E-state index contributed by atoms with van der Waals surface area (Å²) in [5.74, 6) is -1.14. The van der Waals surface area contributed by atoms with Crippen molar-refractivity contribution >= 4 is 23.3 Å². The van der Waals surface area contributed by atoms with Gasteiger partial charge in [-0.2, -0.15) is 0 Å². The maximum absolute atomic E-state index is 13.5. The number of aromatic nitrogens is 1. The van der Waals surface area contributed by atoms with E-state index in [2.05, 4.69) is 4.98 Å². The molecule has 2 aromatic rings. The highest BCUT2D eigenvalue weighted by molar-refractivity contribution is 6.31. The summed E-state index contributed by atoms with van der Waals surface area (Å²) in [5.41, 5.74) is 6.80. The minimum absolute atomic E-state index is 0.136. The molecule has 2 N–H and O–H groups in total. The van der Waals surface area contributed by atoms with Crippen molar-refractivity contribution < 1.29 is 13.9 Å². The molecule has 0 bridgehead atoms. The number of aryl methyl sites for hydroxylation is 1. The van der Waals surface area contributed by atoms with Crippen LogP contribution in [0.15, 0.2) is 30.5 Å². The number of nitrogen functional groups attached to an aromatic ring is 1. The van der Waals surface area contributed by atoms with Crippen LogP contribution in [0.2, 0.25) is 5.02 Å². The van der Waals surface area contributed by atoms with E-state index in [0.29, 0.717) is 11.4 Å². The molecule has 2 rings (SSSR count). The number of rotatable bonds is 3. The number of anilines is 1. The molecule has 1 aromatic carbocycles. The number of halogens is 2. The van der Waals surface area contributed by atoms with Crippen molar-refractivity contribution in [2.24, 2.45) is 0 Å². The summed E-state index contributed by atoms with van der Waals surface area (Å²) in [7, 11) is 0. The molecule has 0 aliphatic heterocycles. The Hall–Kier alpha value is -2.14. The molecular formula is C14H12ClFN2O2. The van der Waals surface area contributed by atoms with E-state index in [-0.39, 0.29) is 22.8 Å². The Morgan fingerprint density at radius 3 is 2.95 bits per heavy atom. The fourth-order valence-electron chi connectivity index (χ4n) is 1.64. The van der Waals surface area contributed by atoms with Crippen LogP contribution in [-0.2, 0) is 11.3 Å². The van der Waals surface area contributed by atoms with E-state index in [1.54, 1.807) is 6.92 Å². The van der Waals surface area contributed by atoms with Crippen LogP contribution < -0.4 is 5.73 Å². The van der Waals surface area contributed by atoms with Gasteiger partial charge in [0.05, 0.1) is 28.2 Å². The zero-order valence-electron chi connectivity index (χ0n) is 10.7. The third kappa shape index (κ3) is 3.05. The number of carbonyl (C=O) groups excluding carboxylic acids is 1. The van der Waals surface area contributed by atoms with Gasteiger partial charge >= 0.3 is 5.97 Å². The average molecular weight is 295 g/mol. The van der Waals surface area contributed by atoms with E-state index < -0.39 is 11.8 Å². The molecule has 0 saturated heterocycles. The van der Waals surface area contributed by atoms with Crippen LogP contribution in [0.3, 0.4) is 0 Å². The lowest BCUT2D eigenvalue weighted by Gasteiger charge is -2.09. The highest BCUT2D eigenvalue weighted by Crippen LogP contribution is 2.20. The van der Waals surface area contributed by atoms with Gasteiger partial charge in [0, 0.05) is 5.56 Å². The highest BCUT2D eigenvalue weighted by Gasteiger charge is 2.14. The van der Waals surface area contributed by atoms with Crippen LogP contribution >= 0.6 is 11.6 Å². The first kappa shape index (κ1) is 14.3. The SMILES string of the molecule is Cc1ncc(N)cc1C(=O)OCc1c(F)cccc1Cl. The number of ether oxygens (including phenoxy) is 1. The third-order valence-corrected chi connectivity index (χ3v) is 3.09. The lowest BCUT2D eigenvalue weighted by molar-refractivity contribution is 0.0468. The predicted octanol–water partition coefficient (Wildman–Crippen LogP) is 3.12. The molecule has 0 spiro atoms. The third-order valence-electron chi connectivity index (χ3n) is 2.74. The molecule has 20 heavy (non-hydrogen) atoms. The first-order valence-corrected chi connectivity index (χ1v) is 6.19. The van der Waals surface area contributed by atoms with Crippen LogP contribution in [-0.4, -0.2) is 11.0 Å². The van der Waals surface area contributed by atoms with E-state index in [1.807, 2.05) is 0 Å². The summed E-state index contributed by atoms with van der Waals surface area (Å²) >= 11 is 5.85. The molecule has 0 amide bonds. The second-order valence-corrected chi connectivity index (χ2v) is 4.59. The molecule has 0 aliphatic rings. The fourth-order valence-corrected chi connectivity index (χ4v) is 1.86. The van der Waals surface area contributed by atoms with Gasteiger partial charge in [0.1, 0.15) is 12.4 Å². The summed E-state index contributed by atoms with van der Waals surface area (Å²) in [4.78, 5) is 15.9. The molecule has 0 fully saturated rings. The molecule has 0 atom stereocenters. The number of pyridine rings is 1. The molecular weight excluding hydrogens is 283 g/mol. The van der Waals surface area contributed by atoms with Gasteiger partial charge in [-0.05, 0) is 25.1 Å². The monoisotopic (exact) mass is 294 g/mol. The van der Waals surface area contributed by atoms with Crippen molar-refractivity contribution in [3.05, 3.63) is 58.1 Å². The van der Waals surface area contributed by atoms with Gasteiger partial charge in [-0.3, -0.25) is 4.98 Å². The van der Waals surface area contributed by atoms with Gasteiger partial charge in [-0.1, -0.05) is 17.7 Å². The van der Waals surface area contributed by atoms with E-state index in [0.717, 1.165) is 0 Å². The number of esters is 1. The zero-order chi connectivity index (χ0) is 14.7. The smallest absolute Gasteiger partial charge is 0.340 e. The molecule has 4 nitrogen and oxygen atoms in total. The minimum atomic E-state index is -0.624. The van der Waals surface area contributed by atoms with Crippen molar-refractivity contribution in [1.82, 2.24) is 4.98 Å². The van der Waals surface area contributed by atoms with Crippen molar-refractivity contribution in [2.45, 2.75) is 13.5 Å². The second-order valence-electron chi connectivity index (χ2n) is 4.18. The van der Waals surface area contributed by atoms with Crippen molar-refractivity contribution in [3.8, 4) is 0 Å². The molecule has 6 heteroatoms. The first-order valence-electron chi connectivity index (χ1n) is 5.81. The quantitative estimate of drug-likeness (QED) is 0.883. The minimum Gasteiger partial charge on any atom is -0.457 e. The van der Waals surface area contributed by atoms with Crippen LogP contribution in [0.4, 0.5) is 10.1 Å². The standard InChI is InChI=1S/C14H12ClFN2O2/c1-8-10(5-9(17)6-18-8)14(19)20-7-11-12(15)3-2-4-13(11)16/h2-6H,7,17H2,1H3. The number of hydrogen-bond donors (Lipinski definition) is 1. The topological polar surface area (TPSA) is 65.2 Å². The lowest BCUT2D eigenvalue weighted by Crippen LogP contribution is -2.10. The molecule has 0 aliphatic carbocycles. The maximum atomic E-state index is 13.5. The Kier molecular flexibility index (Phi) is 4.20. The van der Waals surface area contributed by atoms with E-state index in [1.165, 1.54) is 30.5 Å². The second kappa shape index (κ2) is 5.88. The summed E-state index contributed by atoms with van der Waals surface area (Å²) in [6, 6.07) is 5.73. The van der Waals surface area contributed by atoms with Gasteiger partial charge in [0.2, 0.25) is 0 Å². The van der Waals surface area contributed by atoms with Gasteiger partial charge in [0.15, 0.2) is 0 Å².